The Balaban J connectivity index is 1.68. The van der Waals surface area contributed by atoms with E-state index in [1.54, 1.807) is 6.07 Å². The zero-order valence-corrected chi connectivity index (χ0v) is 13.3. The smallest absolute Gasteiger partial charge is 0.270 e. The van der Waals surface area contributed by atoms with E-state index in [1.807, 2.05) is 31.0 Å². The van der Waals surface area contributed by atoms with Crippen LogP contribution in [0.3, 0.4) is 0 Å². The standard InChI is InChI=1S/C17H23N3O2/c1-12-5-3-7-14(18-12)15(21)19-13-6-4-8-17(11-13)9-10-20(2)16(17)22/h3,5,7,13H,4,6,8-11H2,1-2H3,(H,19,21)/t13-,17-/m0/s1. The highest BCUT2D eigenvalue weighted by Gasteiger charge is 2.48. The van der Waals surface area contributed by atoms with Gasteiger partial charge in [-0.05, 0) is 44.7 Å². The van der Waals surface area contributed by atoms with E-state index >= 15 is 0 Å². The lowest BCUT2D eigenvalue weighted by Gasteiger charge is -2.36. The molecule has 3 rings (SSSR count). The maximum atomic E-state index is 12.4. The Kier molecular flexibility index (Phi) is 3.89. The predicted octanol–water partition coefficient (Wildman–Crippen LogP) is 1.91. The zero-order valence-electron chi connectivity index (χ0n) is 13.3. The van der Waals surface area contributed by atoms with Gasteiger partial charge in [0.25, 0.3) is 5.91 Å². The number of nitrogens with zero attached hydrogens (tertiary/aromatic N) is 2. The molecule has 2 aliphatic rings. The van der Waals surface area contributed by atoms with Gasteiger partial charge in [-0.25, -0.2) is 4.98 Å². The molecular weight excluding hydrogens is 278 g/mol. The molecule has 1 spiro atoms. The van der Waals surface area contributed by atoms with Crippen molar-refractivity contribution in [3.8, 4) is 0 Å². The molecule has 0 radical (unpaired) electrons. The van der Waals surface area contributed by atoms with E-state index in [0.29, 0.717) is 5.69 Å². The Morgan fingerprint density at radius 3 is 2.91 bits per heavy atom. The Morgan fingerprint density at radius 1 is 1.41 bits per heavy atom. The van der Waals surface area contributed by atoms with Gasteiger partial charge in [-0.1, -0.05) is 12.5 Å². The number of carbonyl (C=O) groups is 2. The van der Waals surface area contributed by atoms with Gasteiger partial charge in [-0.2, -0.15) is 0 Å². The van der Waals surface area contributed by atoms with Gasteiger partial charge in [-0.15, -0.1) is 0 Å². The van der Waals surface area contributed by atoms with Gasteiger partial charge in [0.1, 0.15) is 5.69 Å². The lowest BCUT2D eigenvalue weighted by Crippen LogP contribution is -2.45. The second-order valence-electron chi connectivity index (χ2n) is 6.69. The summed E-state index contributed by atoms with van der Waals surface area (Å²) >= 11 is 0. The molecule has 1 N–H and O–H groups in total. The van der Waals surface area contributed by atoms with Crippen molar-refractivity contribution in [2.24, 2.45) is 5.41 Å². The number of nitrogens with one attached hydrogen (secondary N) is 1. The van der Waals surface area contributed by atoms with Crippen molar-refractivity contribution in [2.45, 2.75) is 45.1 Å². The molecule has 1 saturated heterocycles. The van der Waals surface area contributed by atoms with E-state index in [-0.39, 0.29) is 23.3 Å². The maximum Gasteiger partial charge on any atom is 0.270 e. The summed E-state index contributed by atoms with van der Waals surface area (Å²) in [5.41, 5.74) is 1.04. The minimum atomic E-state index is -0.245. The Labute approximate surface area is 131 Å². The van der Waals surface area contributed by atoms with Crippen LogP contribution in [0.1, 0.15) is 48.3 Å². The molecule has 1 aliphatic carbocycles. The van der Waals surface area contributed by atoms with Gasteiger partial charge < -0.3 is 10.2 Å². The summed E-state index contributed by atoms with van der Waals surface area (Å²) in [4.78, 5) is 30.9. The Bertz CT molecular complexity index is 597. The van der Waals surface area contributed by atoms with Crippen LogP contribution in [-0.2, 0) is 4.79 Å². The number of amides is 2. The van der Waals surface area contributed by atoms with Crippen LogP contribution in [0.4, 0.5) is 0 Å². The number of aromatic nitrogens is 1. The molecule has 118 valence electrons. The van der Waals surface area contributed by atoms with E-state index in [0.717, 1.165) is 44.3 Å². The molecule has 5 nitrogen and oxygen atoms in total. The lowest BCUT2D eigenvalue weighted by atomic mass is 9.71. The molecule has 2 amide bonds. The first kappa shape index (κ1) is 15.0. The molecule has 0 aromatic carbocycles. The summed E-state index contributed by atoms with van der Waals surface area (Å²) in [6.45, 7) is 2.71. The molecule has 1 aliphatic heterocycles. The molecule has 2 atom stereocenters. The molecule has 22 heavy (non-hydrogen) atoms. The molecule has 0 unspecified atom stereocenters. The summed E-state index contributed by atoms with van der Waals surface area (Å²) in [6.07, 6.45) is 4.55. The van der Waals surface area contributed by atoms with Gasteiger partial charge in [-0.3, -0.25) is 9.59 Å². The van der Waals surface area contributed by atoms with Crippen molar-refractivity contribution in [3.63, 3.8) is 0 Å². The number of likely N-dealkylation sites (tertiary alicyclic amines) is 1. The first-order valence-corrected chi connectivity index (χ1v) is 8.00. The third-order valence-electron chi connectivity index (χ3n) is 5.03. The first-order chi connectivity index (χ1) is 10.5. The third-order valence-corrected chi connectivity index (χ3v) is 5.03. The van der Waals surface area contributed by atoms with Crippen molar-refractivity contribution < 1.29 is 9.59 Å². The molecule has 2 heterocycles. The molecular formula is C17H23N3O2. The van der Waals surface area contributed by atoms with Crippen molar-refractivity contribution in [2.75, 3.05) is 13.6 Å². The van der Waals surface area contributed by atoms with Gasteiger partial charge in [0.15, 0.2) is 0 Å². The van der Waals surface area contributed by atoms with E-state index < -0.39 is 0 Å². The number of aryl methyl sites for hydroxylation is 1. The van der Waals surface area contributed by atoms with Gasteiger partial charge in [0.05, 0.1) is 5.41 Å². The Morgan fingerprint density at radius 2 is 2.23 bits per heavy atom. The van der Waals surface area contributed by atoms with E-state index in [4.69, 9.17) is 0 Å². The normalized spacial score (nSPS) is 28.2. The molecule has 2 fully saturated rings. The second kappa shape index (κ2) is 5.71. The summed E-state index contributed by atoms with van der Waals surface area (Å²) in [7, 11) is 1.87. The van der Waals surface area contributed by atoms with Crippen LogP contribution in [-0.4, -0.2) is 41.3 Å². The maximum absolute atomic E-state index is 12.4. The highest BCUT2D eigenvalue weighted by atomic mass is 16.2. The van der Waals surface area contributed by atoms with Crippen LogP contribution in [0.5, 0.6) is 0 Å². The fraction of sp³-hybridized carbons (Fsp3) is 0.588. The SMILES string of the molecule is Cc1cccc(C(=O)N[C@H]2CCC[C@]3(CCN(C)C3=O)C2)n1. The van der Waals surface area contributed by atoms with Crippen LogP contribution in [0.2, 0.25) is 0 Å². The summed E-state index contributed by atoms with van der Waals surface area (Å²) in [5, 5.41) is 3.08. The van der Waals surface area contributed by atoms with Gasteiger partial charge in [0.2, 0.25) is 5.91 Å². The molecule has 0 bridgehead atoms. The summed E-state index contributed by atoms with van der Waals surface area (Å²) in [5.74, 6) is 0.115. The zero-order chi connectivity index (χ0) is 15.7. The van der Waals surface area contributed by atoms with Crippen LogP contribution in [0, 0.1) is 12.3 Å². The summed E-state index contributed by atoms with van der Waals surface area (Å²) in [6, 6.07) is 5.52. The average molecular weight is 301 g/mol. The second-order valence-corrected chi connectivity index (χ2v) is 6.69. The van der Waals surface area contributed by atoms with Crippen molar-refractivity contribution >= 4 is 11.8 Å². The molecule has 1 aromatic rings. The number of rotatable bonds is 2. The van der Waals surface area contributed by atoms with Gasteiger partial charge >= 0.3 is 0 Å². The minimum Gasteiger partial charge on any atom is -0.348 e. The molecule has 1 aromatic heterocycles. The molecule has 1 saturated carbocycles. The van der Waals surface area contributed by atoms with Crippen LogP contribution >= 0.6 is 0 Å². The minimum absolute atomic E-state index is 0.0685. The highest BCUT2D eigenvalue weighted by molar-refractivity contribution is 5.92. The first-order valence-electron chi connectivity index (χ1n) is 8.00. The van der Waals surface area contributed by atoms with Crippen molar-refractivity contribution in [3.05, 3.63) is 29.6 Å². The van der Waals surface area contributed by atoms with E-state index in [2.05, 4.69) is 10.3 Å². The van der Waals surface area contributed by atoms with Crippen molar-refractivity contribution in [1.82, 2.24) is 15.2 Å². The number of pyridine rings is 1. The monoisotopic (exact) mass is 301 g/mol. The van der Waals surface area contributed by atoms with Crippen LogP contribution in [0.15, 0.2) is 18.2 Å². The summed E-state index contributed by atoms with van der Waals surface area (Å²) < 4.78 is 0. The van der Waals surface area contributed by atoms with E-state index in [9.17, 15) is 9.59 Å². The fourth-order valence-corrected chi connectivity index (χ4v) is 3.83. The highest BCUT2D eigenvalue weighted by Crippen LogP contribution is 2.44. The lowest BCUT2D eigenvalue weighted by molar-refractivity contribution is -0.136. The quantitative estimate of drug-likeness (QED) is 0.907. The third kappa shape index (κ3) is 2.72. The Hall–Kier alpha value is -1.91. The fourth-order valence-electron chi connectivity index (χ4n) is 3.83. The van der Waals surface area contributed by atoms with Gasteiger partial charge in [0, 0.05) is 25.3 Å². The largest absolute Gasteiger partial charge is 0.348 e. The number of hydrogen-bond acceptors (Lipinski definition) is 3. The number of carbonyl (C=O) groups excluding carboxylic acids is 2. The average Bonchev–Trinajstić information content (AvgIpc) is 2.76. The predicted molar refractivity (Wildman–Crippen MR) is 83.4 cm³/mol. The molecule has 5 heteroatoms. The van der Waals surface area contributed by atoms with E-state index in [1.165, 1.54) is 0 Å². The topological polar surface area (TPSA) is 62.3 Å². The van der Waals surface area contributed by atoms with Crippen LogP contribution in [0.25, 0.3) is 0 Å². The number of hydrogen-bond donors (Lipinski definition) is 1. The van der Waals surface area contributed by atoms with Crippen LogP contribution < -0.4 is 5.32 Å². The van der Waals surface area contributed by atoms with Crippen molar-refractivity contribution in [1.29, 1.82) is 0 Å².